The van der Waals surface area contributed by atoms with Gasteiger partial charge in [0.2, 0.25) is 0 Å². The van der Waals surface area contributed by atoms with Crippen LogP contribution >= 0.6 is 12.4 Å². The lowest BCUT2D eigenvalue weighted by molar-refractivity contribution is 0.0521. The maximum absolute atomic E-state index is 13.5. The number of halogens is 2. The lowest BCUT2D eigenvalue weighted by Crippen LogP contribution is -2.10. The van der Waals surface area contributed by atoms with Crippen LogP contribution < -0.4 is 5.73 Å². The number of benzene rings is 1. The topological polar surface area (TPSA) is 52.3 Å². The molecule has 1 aromatic carbocycles. The van der Waals surface area contributed by atoms with E-state index < -0.39 is 11.8 Å². The Kier molecular flexibility index (Phi) is 5.89. The van der Waals surface area contributed by atoms with Crippen molar-refractivity contribution in [2.45, 2.75) is 13.5 Å². The van der Waals surface area contributed by atoms with Gasteiger partial charge in [0.1, 0.15) is 5.82 Å². The SMILES string of the molecule is CCOC(=O)c1cccc(CN)c1F.Cl. The van der Waals surface area contributed by atoms with E-state index in [1.807, 2.05) is 0 Å². The van der Waals surface area contributed by atoms with Crippen molar-refractivity contribution in [2.75, 3.05) is 6.61 Å². The zero-order valence-electron chi connectivity index (χ0n) is 8.33. The summed E-state index contributed by atoms with van der Waals surface area (Å²) in [4.78, 5) is 11.2. The minimum atomic E-state index is -0.653. The van der Waals surface area contributed by atoms with Crippen molar-refractivity contribution in [3.8, 4) is 0 Å². The third-order valence-corrected chi connectivity index (χ3v) is 1.79. The van der Waals surface area contributed by atoms with Gasteiger partial charge >= 0.3 is 5.97 Å². The van der Waals surface area contributed by atoms with Crippen LogP contribution in [-0.2, 0) is 11.3 Å². The first-order valence-corrected chi connectivity index (χ1v) is 4.35. The molecule has 0 aliphatic heterocycles. The van der Waals surface area contributed by atoms with Gasteiger partial charge in [0.25, 0.3) is 0 Å². The van der Waals surface area contributed by atoms with Gasteiger partial charge < -0.3 is 10.5 Å². The lowest BCUT2D eigenvalue weighted by Gasteiger charge is -2.05. The quantitative estimate of drug-likeness (QED) is 0.811. The molecule has 1 aromatic rings. The normalized spacial score (nSPS) is 9.27. The van der Waals surface area contributed by atoms with E-state index >= 15 is 0 Å². The first kappa shape index (κ1) is 13.9. The van der Waals surface area contributed by atoms with Crippen LogP contribution in [0.25, 0.3) is 0 Å². The molecule has 15 heavy (non-hydrogen) atoms. The Morgan fingerprint density at radius 1 is 1.53 bits per heavy atom. The van der Waals surface area contributed by atoms with Crippen LogP contribution in [0.2, 0.25) is 0 Å². The Hall–Kier alpha value is -1.13. The van der Waals surface area contributed by atoms with Gasteiger partial charge in [-0.25, -0.2) is 9.18 Å². The Morgan fingerprint density at radius 2 is 2.20 bits per heavy atom. The van der Waals surface area contributed by atoms with Crippen LogP contribution in [0, 0.1) is 5.82 Å². The van der Waals surface area contributed by atoms with E-state index in [0.29, 0.717) is 5.56 Å². The maximum Gasteiger partial charge on any atom is 0.341 e. The third-order valence-electron chi connectivity index (χ3n) is 1.79. The predicted octanol–water partition coefficient (Wildman–Crippen LogP) is 1.88. The van der Waals surface area contributed by atoms with E-state index in [-0.39, 0.29) is 31.1 Å². The highest BCUT2D eigenvalue weighted by Crippen LogP contribution is 2.13. The van der Waals surface area contributed by atoms with Crippen LogP contribution in [0.3, 0.4) is 0 Å². The van der Waals surface area contributed by atoms with Gasteiger partial charge in [-0.2, -0.15) is 0 Å². The molecule has 0 unspecified atom stereocenters. The molecule has 3 nitrogen and oxygen atoms in total. The predicted molar refractivity (Wildman–Crippen MR) is 57.5 cm³/mol. The lowest BCUT2D eigenvalue weighted by atomic mass is 10.1. The van der Waals surface area contributed by atoms with Gasteiger partial charge in [-0.1, -0.05) is 12.1 Å². The molecule has 0 saturated heterocycles. The fraction of sp³-hybridized carbons (Fsp3) is 0.300. The number of rotatable bonds is 3. The summed E-state index contributed by atoms with van der Waals surface area (Å²) < 4.78 is 18.2. The summed E-state index contributed by atoms with van der Waals surface area (Å²) in [5, 5.41) is 0. The smallest absolute Gasteiger partial charge is 0.341 e. The number of esters is 1. The molecule has 0 bridgehead atoms. The molecule has 0 spiro atoms. The van der Waals surface area contributed by atoms with Crippen molar-refractivity contribution >= 4 is 18.4 Å². The standard InChI is InChI=1S/C10H12FNO2.ClH/c1-2-14-10(13)8-5-3-4-7(6-12)9(8)11;/h3-5H,2,6,12H2,1H3;1H. The zero-order valence-corrected chi connectivity index (χ0v) is 9.14. The average molecular weight is 234 g/mol. The number of hydrogen-bond donors (Lipinski definition) is 1. The van der Waals surface area contributed by atoms with Gasteiger partial charge in [-0.05, 0) is 13.0 Å². The summed E-state index contributed by atoms with van der Waals surface area (Å²) in [6, 6.07) is 4.50. The Balaban J connectivity index is 0.00000196. The minimum absolute atomic E-state index is 0. The highest BCUT2D eigenvalue weighted by Gasteiger charge is 2.14. The summed E-state index contributed by atoms with van der Waals surface area (Å²) in [6.45, 7) is 1.97. The van der Waals surface area contributed by atoms with Crippen molar-refractivity contribution in [1.82, 2.24) is 0 Å². The molecule has 0 fully saturated rings. The highest BCUT2D eigenvalue weighted by molar-refractivity contribution is 5.89. The van der Waals surface area contributed by atoms with E-state index in [2.05, 4.69) is 4.74 Å². The molecule has 2 N–H and O–H groups in total. The van der Waals surface area contributed by atoms with Gasteiger partial charge in [0.15, 0.2) is 0 Å². The maximum atomic E-state index is 13.5. The Bertz CT molecular complexity index is 344. The number of carbonyl (C=O) groups excluding carboxylic acids is 1. The van der Waals surface area contributed by atoms with Crippen molar-refractivity contribution in [2.24, 2.45) is 5.73 Å². The summed E-state index contributed by atoms with van der Waals surface area (Å²) in [5.74, 6) is -1.24. The summed E-state index contributed by atoms with van der Waals surface area (Å²) in [6.07, 6.45) is 0. The van der Waals surface area contributed by atoms with Crippen LogP contribution in [0.1, 0.15) is 22.8 Å². The van der Waals surface area contributed by atoms with E-state index in [0.717, 1.165) is 0 Å². The molecular weight excluding hydrogens is 221 g/mol. The second kappa shape index (κ2) is 6.37. The zero-order chi connectivity index (χ0) is 10.6. The average Bonchev–Trinajstić information content (AvgIpc) is 2.18. The first-order chi connectivity index (χ1) is 6.70. The fourth-order valence-corrected chi connectivity index (χ4v) is 1.10. The summed E-state index contributed by atoms with van der Waals surface area (Å²) >= 11 is 0. The highest BCUT2D eigenvalue weighted by atomic mass is 35.5. The molecule has 84 valence electrons. The minimum Gasteiger partial charge on any atom is -0.462 e. The van der Waals surface area contributed by atoms with Gasteiger partial charge in [-0.3, -0.25) is 0 Å². The molecule has 0 atom stereocenters. The van der Waals surface area contributed by atoms with E-state index in [4.69, 9.17) is 5.73 Å². The molecular formula is C10H13ClFNO2. The molecule has 0 amide bonds. The summed E-state index contributed by atoms with van der Waals surface area (Å²) in [5.41, 5.74) is 5.56. The second-order valence-corrected chi connectivity index (χ2v) is 2.70. The molecule has 0 aromatic heterocycles. The molecule has 0 radical (unpaired) electrons. The molecule has 0 heterocycles. The Morgan fingerprint density at radius 3 is 2.73 bits per heavy atom. The number of hydrogen-bond acceptors (Lipinski definition) is 3. The van der Waals surface area contributed by atoms with Crippen molar-refractivity contribution in [3.63, 3.8) is 0 Å². The van der Waals surface area contributed by atoms with Crippen LogP contribution in [0.4, 0.5) is 4.39 Å². The van der Waals surface area contributed by atoms with Gasteiger partial charge in [0, 0.05) is 12.1 Å². The second-order valence-electron chi connectivity index (χ2n) is 2.70. The first-order valence-electron chi connectivity index (χ1n) is 4.35. The fourth-order valence-electron chi connectivity index (χ4n) is 1.10. The van der Waals surface area contributed by atoms with Gasteiger partial charge in [0.05, 0.1) is 12.2 Å². The third kappa shape index (κ3) is 3.18. The molecule has 0 aliphatic carbocycles. The number of ether oxygens (including phenoxy) is 1. The molecule has 0 saturated carbocycles. The molecule has 1 rings (SSSR count). The summed E-state index contributed by atoms with van der Waals surface area (Å²) in [7, 11) is 0. The molecule has 5 heteroatoms. The Labute approximate surface area is 93.8 Å². The van der Waals surface area contributed by atoms with Crippen molar-refractivity contribution in [3.05, 3.63) is 35.1 Å². The number of nitrogens with two attached hydrogens (primary N) is 1. The van der Waals surface area contributed by atoms with Crippen LogP contribution in [-0.4, -0.2) is 12.6 Å². The van der Waals surface area contributed by atoms with Crippen LogP contribution in [0.5, 0.6) is 0 Å². The van der Waals surface area contributed by atoms with Crippen LogP contribution in [0.15, 0.2) is 18.2 Å². The largest absolute Gasteiger partial charge is 0.462 e. The molecule has 0 aliphatic rings. The van der Waals surface area contributed by atoms with Crippen molar-refractivity contribution < 1.29 is 13.9 Å². The van der Waals surface area contributed by atoms with E-state index in [9.17, 15) is 9.18 Å². The van der Waals surface area contributed by atoms with E-state index in [1.165, 1.54) is 12.1 Å². The van der Waals surface area contributed by atoms with Gasteiger partial charge in [-0.15, -0.1) is 12.4 Å². The number of carbonyl (C=O) groups is 1. The monoisotopic (exact) mass is 233 g/mol. The van der Waals surface area contributed by atoms with E-state index in [1.54, 1.807) is 13.0 Å². The van der Waals surface area contributed by atoms with Crippen molar-refractivity contribution in [1.29, 1.82) is 0 Å².